The van der Waals surface area contributed by atoms with Crippen molar-refractivity contribution in [2.45, 2.75) is 40.0 Å². The first kappa shape index (κ1) is 11.6. The number of nitrogens with zero attached hydrogens (tertiary/aromatic N) is 2. The minimum Gasteiger partial charge on any atom is -0.368 e. The zero-order valence-electron chi connectivity index (χ0n) is 10.1. The molecule has 0 aliphatic heterocycles. The topological polar surface area (TPSA) is 37.8 Å². The lowest BCUT2D eigenvalue weighted by atomic mass is 9.70. The van der Waals surface area contributed by atoms with Gasteiger partial charge in [-0.2, -0.15) is 0 Å². The maximum absolute atomic E-state index is 5.91. The Hall–Kier alpha value is -0.830. The fraction of sp³-hybridized carbons (Fsp3) is 0.667. The summed E-state index contributed by atoms with van der Waals surface area (Å²) >= 11 is 5.91. The Morgan fingerprint density at radius 3 is 2.50 bits per heavy atom. The van der Waals surface area contributed by atoms with E-state index in [1.165, 1.54) is 19.3 Å². The largest absolute Gasteiger partial charge is 0.368 e. The van der Waals surface area contributed by atoms with E-state index in [1.54, 1.807) is 0 Å². The molecule has 1 saturated carbocycles. The normalized spacial score (nSPS) is 18.0. The number of hydrogen-bond acceptors (Lipinski definition) is 3. The third-order valence-corrected chi connectivity index (χ3v) is 4.07. The summed E-state index contributed by atoms with van der Waals surface area (Å²) in [5.74, 6) is 0.870. The maximum atomic E-state index is 5.91. The van der Waals surface area contributed by atoms with Crippen LogP contribution in [0, 0.1) is 19.3 Å². The van der Waals surface area contributed by atoms with Crippen LogP contribution in [0.15, 0.2) is 0 Å². The van der Waals surface area contributed by atoms with E-state index >= 15 is 0 Å². The van der Waals surface area contributed by atoms with Gasteiger partial charge in [-0.1, -0.05) is 24.9 Å². The highest BCUT2D eigenvalue weighted by molar-refractivity contribution is 6.30. The highest BCUT2D eigenvalue weighted by Gasteiger charge is 2.31. The quantitative estimate of drug-likeness (QED) is 0.879. The van der Waals surface area contributed by atoms with Crippen molar-refractivity contribution in [2.24, 2.45) is 5.41 Å². The maximum Gasteiger partial charge on any atom is 0.155 e. The van der Waals surface area contributed by atoms with Crippen molar-refractivity contribution in [3.63, 3.8) is 0 Å². The summed E-state index contributed by atoms with van der Waals surface area (Å²) in [5, 5.41) is 11.9. The smallest absolute Gasteiger partial charge is 0.155 e. The molecule has 1 aliphatic carbocycles. The van der Waals surface area contributed by atoms with E-state index < -0.39 is 0 Å². The molecule has 1 aromatic heterocycles. The number of anilines is 1. The van der Waals surface area contributed by atoms with E-state index in [-0.39, 0.29) is 0 Å². The van der Waals surface area contributed by atoms with Gasteiger partial charge in [0.15, 0.2) is 11.0 Å². The Morgan fingerprint density at radius 2 is 1.94 bits per heavy atom. The lowest BCUT2D eigenvalue weighted by molar-refractivity contribution is 0.179. The van der Waals surface area contributed by atoms with Gasteiger partial charge in [-0.25, -0.2) is 0 Å². The molecular formula is C12H18ClN3. The van der Waals surface area contributed by atoms with Crippen LogP contribution in [0.25, 0.3) is 0 Å². The van der Waals surface area contributed by atoms with Crippen LogP contribution in [0.1, 0.15) is 37.3 Å². The van der Waals surface area contributed by atoms with Crippen LogP contribution < -0.4 is 5.32 Å². The summed E-state index contributed by atoms with van der Waals surface area (Å²) in [6.07, 6.45) is 3.96. The molecule has 1 fully saturated rings. The molecule has 0 saturated heterocycles. The average molecular weight is 240 g/mol. The fourth-order valence-corrected chi connectivity index (χ4v) is 2.18. The fourth-order valence-electron chi connectivity index (χ4n) is 2.00. The standard InChI is InChI=1S/C12H18ClN3/c1-8-9(2)11(16-15-10(8)13)14-7-12(3)5-4-6-12/h4-7H2,1-3H3,(H,14,16). The van der Waals surface area contributed by atoms with E-state index in [1.807, 2.05) is 13.8 Å². The van der Waals surface area contributed by atoms with E-state index in [9.17, 15) is 0 Å². The molecule has 0 atom stereocenters. The molecule has 1 heterocycles. The van der Waals surface area contributed by atoms with Crippen molar-refractivity contribution in [2.75, 3.05) is 11.9 Å². The predicted molar refractivity (Wildman–Crippen MR) is 67.0 cm³/mol. The first-order chi connectivity index (χ1) is 7.52. The number of aromatic nitrogens is 2. The van der Waals surface area contributed by atoms with E-state index in [4.69, 9.17) is 11.6 Å². The van der Waals surface area contributed by atoms with Crippen LogP contribution in [-0.4, -0.2) is 16.7 Å². The van der Waals surface area contributed by atoms with Crippen molar-refractivity contribution >= 4 is 17.4 Å². The number of nitrogens with one attached hydrogen (secondary N) is 1. The molecular weight excluding hydrogens is 222 g/mol. The van der Waals surface area contributed by atoms with Crippen LogP contribution >= 0.6 is 11.6 Å². The number of halogens is 1. The van der Waals surface area contributed by atoms with Gasteiger partial charge in [-0.05, 0) is 43.2 Å². The second-order valence-corrected chi connectivity index (χ2v) is 5.47. The Kier molecular flexibility index (Phi) is 3.06. The van der Waals surface area contributed by atoms with Gasteiger partial charge in [0.25, 0.3) is 0 Å². The van der Waals surface area contributed by atoms with Crippen molar-refractivity contribution in [3.8, 4) is 0 Å². The van der Waals surface area contributed by atoms with Gasteiger partial charge in [0.1, 0.15) is 0 Å². The van der Waals surface area contributed by atoms with Gasteiger partial charge in [-0.15, -0.1) is 10.2 Å². The first-order valence-corrected chi connectivity index (χ1v) is 6.13. The van der Waals surface area contributed by atoms with Gasteiger partial charge in [0.2, 0.25) is 0 Å². The Morgan fingerprint density at radius 1 is 1.25 bits per heavy atom. The lowest BCUT2D eigenvalue weighted by Crippen LogP contribution is -2.33. The lowest BCUT2D eigenvalue weighted by Gasteiger charge is -2.38. The summed E-state index contributed by atoms with van der Waals surface area (Å²) in [7, 11) is 0. The van der Waals surface area contributed by atoms with Crippen LogP contribution in [-0.2, 0) is 0 Å². The number of rotatable bonds is 3. The van der Waals surface area contributed by atoms with Crippen molar-refractivity contribution < 1.29 is 0 Å². The summed E-state index contributed by atoms with van der Waals surface area (Å²) < 4.78 is 0. The zero-order valence-corrected chi connectivity index (χ0v) is 10.9. The molecule has 2 rings (SSSR count). The minimum absolute atomic E-state index is 0.446. The molecule has 0 bridgehead atoms. The number of hydrogen-bond donors (Lipinski definition) is 1. The molecule has 0 amide bonds. The van der Waals surface area contributed by atoms with Gasteiger partial charge >= 0.3 is 0 Å². The monoisotopic (exact) mass is 239 g/mol. The van der Waals surface area contributed by atoms with Crippen molar-refractivity contribution in [1.82, 2.24) is 10.2 Å². The molecule has 3 nitrogen and oxygen atoms in total. The second-order valence-electron chi connectivity index (χ2n) is 5.11. The highest BCUT2D eigenvalue weighted by Crippen LogP contribution is 2.40. The molecule has 1 N–H and O–H groups in total. The van der Waals surface area contributed by atoms with E-state index in [0.29, 0.717) is 10.6 Å². The van der Waals surface area contributed by atoms with E-state index in [0.717, 1.165) is 23.5 Å². The molecule has 4 heteroatoms. The van der Waals surface area contributed by atoms with Crippen molar-refractivity contribution in [1.29, 1.82) is 0 Å². The highest BCUT2D eigenvalue weighted by atomic mass is 35.5. The molecule has 0 radical (unpaired) electrons. The van der Waals surface area contributed by atoms with Gasteiger partial charge in [0, 0.05) is 6.54 Å². The zero-order chi connectivity index (χ0) is 11.8. The predicted octanol–water partition coefficient (Wildman–Crippen LogP) is 3.35. The van der Waals surface area contributed by atoms with Gasteiger partial charge in [-0.3, -0.25) is 0 Å². The Balaban J connectivity index is 2.07. The van der Waals surface area contributed by atoms with Crippen LogP contribution in [0.2, 0.25) is 5.15 Å². The third-order valence-electron chi connectivity index (χ3n) is 3.71. The molecule has 1 aliphatic rings. The molecule has 0 spiro atoms. The Bertz CT molecular complexity index is 399. The Labute approximate surface area is 102 Å². The third kappa shape index (κ3) is 2.14. The average Bonchev–Trinajstić information content (AvgIpc) is 2.22. The summed E-state index contributed by atoms with van der Waals surface area (Å²) in [4.78, 5) is 0. The summed E-state index contributed by atoms with van der Waals surface area (Å²) in [5.41, 5.74) is 2.56. The van der Waals surface area contributed by atoms with E-state index in [2.05, 4.69) is 22.4 Å². The van der Waals surface area contributed by atoms with Crippen LogP contribution in [0.5, 0.6) is 0 Å². The van der Waals surface area contributed by atoms with Gasteiger partial charge < -0.3 is 5.32 Å². The van der Waals surface area contributed by atoms with Crippen LogP contribution in [0.3, 0.4) is 0 Å². The first-order valence-electron chi connectivity index (χ1n) is 5.75. The van der Waals surface area contributed by atoms with Crippen molar-refractivity contribution in [3.05, 3.63) is 16.3 Å². The SMILES string of the molecule is Cc1c(Cl)nnc(NCC2(C)CCC2)c1C. The minimum atomic E-state index is 0.446. The second kappa shape index (κ2) is 4.21. The molecule has 88 valence electrons. The van der Waals surface area contributed by atoms with Crippen LogP contribution in [0.4, 0.5) is 5.82 Å². The molecule has 16 heavy (non-hydrogen) atoms. The van der Waals surface area contributed by atoms with Gasteiger partial charge in [0.05, 0.1) is 0 Å². The summed E-state index contributed by atoms with van der Waals surface area (Å²) in [6, 6.07) is 0. The summed E-state index contributed by atoms with van der Waals surface area (Å²) in [6.45, 7) is 7.29. The molecule has 0 unspecified atom stereocenters. The molecule has 0 aromatic carbocycles. The molecule has 1 aromatic rings.